The maximum Gasteiger partial charge on any atom is 0.175 e. The molecule has 0 bridgehead atoms. The predicted octanol–water partition coefficient (Wildman–Crippen LogP) is 6.47. The molecule has 0 heterocycles. The zero-order valence-corrected chi connectivity index (χ0v) is 18.0. The second kappa shape index (κ2) is 10.1. The molecule has 0 aliphatic carbocycles. The first-order chi connectivity index (χ1) is 14.1. The fourth-order valence-corrected chi connectivity index (χ4v) is 3.60. The quantitative estimate of drug-likeness (QED) is 0.213. The van der Waals surface area contributed by atoms with E-state index in [1.807, 2.05) is 49.4 Å². The van der Waals surface area contributed by atoms with Gasteiger partial charge in [-0.3, -0.25) is 0 Å². The minimum absolute atomic E-state index is 0.249. The number of hydrogen-bond acceptors (Lipinski definition) is 3. The summed E-state index contributed by atoms with van der Waals surface area (Å²) in [5, 5.41) is 9.53. The van der Waals surface area contributed by atoms with Crippen molar-refractivity contribution in [2.24, 2.45) is 0 Å². The second-order valence-electron chi connectivity index (χ2n) is 6.19. The standard InChI is InChI=1S/C24H19FINO2/c1-2-28-23-14-18(12-19(15-27)20-10-6-7-11-21(20)25)13-22(26)24(23)29-16-17-8-4-3-5-9-17/h3-14H,2,16H2,1H3. The van der Waals surface area contributed by atoms with E-state index in [0.717, 1.165) is 14.7 Å². The van der Waals surface area contributed by atoms with Crippen molar-refractivity contribution >= 4 is 34.2 Å². The Morgan fingerprint density at radius 1 is 1.07 bits per heavy atom. The Morgan fingerprint density at radius 2 is 1.79 bits per heavy atom. The number of allylic oxidation sites excluding steroid dienone is 1. The number of halogens is 2. The molecule has 0 amide bonds. The number of nitriles is 1. The summed E-state index contributed by atoms with van der Waals surface area (Å²) < 4.78 is 26.7. The lowest BCUT2D eigenvalue weighted by Gasteiger charge is -2.15. The molecular formula is C24H19FINO2. The van der Waals surface area contributed by atoms with Crippen LogP contribution in [0.25, 0.3) is 11.6 Å². The average Bonchev–Trinajstić information content (AvgIpc) is 2.73. The molecule has 3 aromatic rings. The van der Waals surface area contributed by atoms with Crippen molar-refractivity contribution in [3.63, 3.8) is 0 Å². The summed E-state index contributed by atoms with van der Waals surface area (Å²) in [5.41, 5.74) is 2.32. The summed E-state index contributed by atoms with van der Waals surface area (Å²) in [4.78, 5) is 0. The summed E-state index contributed by atoms with van der Waals surface area (Å²) >= 11 is 2.18. The molecule has 3 nitrogen and oxygen atoms in total. The first-order valence-corrected chi connectivity index (χ1v) is 10.2. The highest BCUT2D eigenvalue weighted by molar-refractivity contribution is 14.1. The molecule has 0 radical (unpaired) electrons. The monoisotopic (exact) mass is 499 g/mol. The third-order valence-electron chi connectivity index (χ3n) is 4.15. The zero-order chi connectivity index (χ0) is 20.6. The minimum Gasteiger partial charge on any atom is -0.490 e. The van der Waals surface area contributed by atoms with Gasteiger partial charge in [0.05, 0.1) is 21.8 Å². The van der Waals surface area contributed by atoms with Gasteiger partial charge >= 0.3 is 0 Å². The van der Waals surface area contributed by atoms with Gasteiger partial charge in [0.25, 0.3) is 0 Å². The molecule has 0 N–H and O–H groups in total. The normalized spacial score (nSPS) is 11.0. The second-order valence-corrected chi connectivity index (χ2v) is 7.35. The van der Waals surface area contributed by atoms with Gasteiger partial charge in [0.15, 0.2) is 11.5 Å². The van der Waals surface area contributed by atoms with Gasteiger partial charge in [-0.15, -0.1) is 0 Å². The van der Waals surface area contributed by atoms with Gasteiger partial charge in [0, 0.05) is 5.56 Å². The van der Waals surface area contributed by atoms with Crippen LogP contribution in [0.2, 0.25) is 0 Å². The fraction of sp³-hybridized carbons (Fsp3) is 0.125. The predicted molar refractivity (Wildman–Crippen MR) is 121 cm³/mol. The summed E-state index contributed by atoms with van der Waals surface area (Å²) in [7, 11) is 0. The van der Waals surface area contributed by atoms with Crippen LogP contribution in [-0.2, 0) is 6.61 Å². The highest BCUT2D eigenvalue weighted by Gasteiger charge is 2.14. The van der Waals surface area contributed by atoms with Crippen LogP contribution >= 0.6 is 22.6 Å². The highest BCUT2D eigenvalue weighted by atomic mass is 127. The van der Waals surface area contributed by atoms with Crippen LogP contribution in [0.15, 0.2) is 66.7 Å². The first kappa shape index (κ1) is 20.9. The van der Waals surface area contributed by atoms with Crippen LogP contribution in [0.4, 0.5) is 4.39 Å². The smallest absolute Gasteiger partial charge is 0.175 e. The van der Waals surface area contributed by atoms with Crippen LogP contribution in [-0.4, -0.2) is 6.61 Å². The summed E-state index contributed by atoms with van der Waals surface area (Å²) in [6, 6.07) is 21.9. The minimum atomic E-state index is -0.428. The molecule has 5 heteroatoms. The number of benzene rings is 3. The van der Waals surface area contributed by atoms with Crippen molar-refractivity contribution in [2.75, 3.05) is 6.61 Å². The molecule has 0 atom stereocenters. The van der Waals surface area contributed by atoms with Crippen molar-refractivity contribution in [3.05, 3.63) is 92.8 Å². The van der Waals surface area contributed by atoms with Crippen LogP contribution < -0.4 is 9.47 Å². The summed E-state index contributed by atoms with van der Waals surface area (Å²) in [6.45, 7) is 2.80. The molecule has 0 saturated heterocycles. The van der Waals surface area contributed by atoms with Crippen LogP contribution in [0, 0.1) is 20.7 Å². The third kappa shape index (κ3) is 5.36. The summed E-state index contributed by atoms with van der Waals surface area (Å²) in [5.74, 6) is 0.813. The molecular weight excluding hydrogens is 480 g/mol. The molecule has 0 unspecified atom stereocenters. The van der Waals surface area contributed by atoms with Crippen molar-refractivity contribution in [1.29, 1.82) is 5.26 Å². The van der Waals surface area contributed by atoms with Crippen LogP contribution in [0.5, 0.6) is 11.5 Å². The average molecular weight is 499 g/mol. The molecule has 146 valence electrons. The van der Waals surface area contributed by atoms with Crippen LogP contribution in [0.3, 0.4) is 0 Å². The molecule has 0 aromatic heterocycles. The Balaban J connectivity index is 1.95. The Morgan fingerprint density at radius 3 is 2.48 bits per heavy atom. The molecule has 0 fully saturated rings. The maximum atomic E-state index is 14.1. The lowest BCUT2D eigenvalue weighted by molar-refractivity contribution is 0.267. The molecule has 0 saturated carbocycles. The first-order valence-electron chi connectivity index (χ1n) is 9.12. The van der Waals surface area contributed by atoms with E-state index in [1.54, 1.807) is 24.3 Å². The van der Waals surface area contributed by atoms with E-state index in [1.165, 1.54) is 6.07 Å². The Bertz CT molecular complexity index is 1060. The van der Waals surface area contributed by atoms with E-state index in [0.29, 0.717) is 24.7 Å². The number of rotatable bonds is 7. The molecule has 0 spiro atoms. The van der Waals surface area contributed by atoms with E-state index in [4.69, 9.17) is 9.47 Å². The van der Waals surface area contributed by atoms with Crippen molar-refractivity contribution in [1.82, 2.24) is 0 Å². The van der Waals surface area contributed by atoms with Crippen molar-refractivity contribution < 1.29 is 13.9 Å². The zero-order valence-electron chi connectivity index (χ0n) is 15.9. The third-order valence-corrected chi connectivity index (χ3v) is 4.95. The van der Waals surface area contributed by atoms with Gasteiger partial charge in [0.1, 0.15) is 12.4 Å². The van der Waals surface area contributed by atoms with Gasteiger partial charge in [-0.25, -0.2) is 4.39 Å². The van der Waals surface area contributed by atoms with Crippen molar-refractivity contribution in [3.8, 4) is 17.6 Å². The molecule has 0 aliphatic heterocycles. The number of hydrogen-bond donors (Lipinski definition) is 0. The summed E-state index contributed by atoms with van der Waals surface area (Å²) in [6.07, 6.45) is 1.66. The van der Waals surface area contributed by atoms with Gasteiger partial charge < -0.3 is 9.47 Å². The van der Waals surface area contributed by atoms with Crippen LogP contribution in [0.1, 0.15) is 23.6 Å². The largest absolute Gasteiger partial charge is 0.490 e. The number of nitrogens with zero attached hydrogens (tertiary/aromatic N) is 1. The number of ether oxygens (including phenoxy) is 2. The van der Waals surface area contributed by atoms with E-state index < -0.39 is 5.82 Å². The maximum absolute atomic E-state index is 14.1. The molecule has 3 aromatic carbocycles. The van der Waals surface area contributed by atoms with E-state index in [9.17, 15) is 9.65 Å². The SMILES string of the molecule is CCOc1cc(C=C(C#N)c2ccccc2F)cc(I)c1OCc1ccccc1. The lowest BCUT2D eigenvalue weighted by Crippen LogP contribution is -2.02. The molecule has 3 rings (SSSR count). The Hall–Kier alpha value is -2.85. The Kier molecular flexibility index (Phi) is 7.25. The van der Waals surface area contributed by atoms with Gasteiger partial charge in [-0.1, -0.05) is 48.5 Å². The van der Waals surface area contributed by atoms with Gasteiger partial charge in [-0.05, 0) is 64.9 Å². The topological polar surface area (TPSA) is 42.2 Å². The Labute approximate surface area is 183 Å². The van der Waals surface area contributed by atoms with Gasteiger partial charge in [0.2, 0.25) is 0 Å². The van der Waals surface area contributed by atoms with Gasteiger partial charge in [-0.2, -0.15) is 5.26 Å². The van der Waals surface area contributed by atoms with E-state index in [2.05, 4.69) is 28.7 Å². The molecule has 29 heavy (non-hydrogen) atoms. The van der Waals surface area contributed by atoms with E-state index >= 15 is 0 Å². The highest BCUT2D eigenvalue weighted by Crippen LogP contribution is 2.36. The lowest BCUT2D eigenvalue weighted by atomic mass is 10.0. The van der Waals surface area contributed by atoms with E-state index in [-0.39, 0.29) is 11.1 Å². The fourth-order valence-electron chi connectivity index (χ4n) is 2.82. The van der Waals surface area contributed by atoms with Crippen molar-refractivity contribution in [2.45, 2.75) is 13.5 Å². The molecule has 0 aliphatic rings.